The van der Waals surface area contributed by atoms with E-state index in [0.29, 0.717) is 24.7 Å². The summed E-state index contributed by atoms with van der Waals surface area (Å²) in [5, 5.41) is 3.04. The van der Waals surface area contributed by atoms with Gasteiger partial charge in [0.15, 0.2) is 11.5 Å². The van der Waals surface area contributed by atoms with Crippen molar-refractivity contribution in [2.45, 2.75) is 6.92 Å². The zero-order valence-corrected chi connectivity index (χ0v) is 11.7. The highest BCUT2D eigenvalue weighted by atomic mass is 32.2. The van der Waals surface area contributed by atoms with E-state index in [-0.39, 0.29) is 5.75 Å². The fourth-order valence-corrected chi connectivity index (χ4v) is 1.91. The van der Waals surface area contributed by atoms with Crippen LogP contribution < -0.4 is 14.8 Å². The lowest BCUT2D eigenvalue weighted by molar-refractivity contribution is 0.311. The number of benzene rings is 1. The largest absolute Gasteiger partial charge is 0.493 e. The molecule has 0 aliphatic heterocycles. The number of hydrogen-bond donors (Lipinski definition) is 1. The molecule has 1 rings (SSSR count). The van der Waals surface area contributed by atoms with Crippen molar-refractivity contribution in [3.8, 4) is 11.5 Å². The Morgan fingerprint density at radius 3 is 2.56 bits per heavy atom. The molecule has 0 saturated heterocycles. The Kier molecular flexibility index (Phi) is 5.27. The van der Waals surface area contributed by atoms with Crippen LogP contribution in [0.3, 0.4) is 0 Å². The van der Waals surface area contributed by atoms with Gasteiger partial charge >= 0.3 is 0 Å². The van der Waals surface area contributed by atoms with Gasteiger partial charge in [-0.3, -0.25) is 0 Å². The summed E-state index contributed by atoms with van der Waals surface area (Å²) in [6.07, 6.45) is 1.22. The Bertz CT molecular complexity index is 485. The van der Waals surface area contributed by atoms with Crippen LogP contribution in [0.25, 0.3) is 0 Å². The second-order valence-electron chi connectivity index (χ2n) is 3.86. The maximum Gasteiger partial charge on any atom is 0.163 e. The Hall–Kier alpha value is -1.43. The van der Waals surface area contributed by atoms with Crippen molar-refractivity contribution in [3.05, 3.63) is 18.2 Å². The molecule has 1 aromatic rings. The minimum atomic E-state index is -2.95. The third kappa shape index (κ3) is 4.83. The van der Waals surface area contributed by atoms with Crippen LogP contribution in [0, 0.1) is 0 Å². The molecule has 0 fully saturated rings. The highest BCUT2D eigenvalue weighted by molar-refractivity contribution is 7.90. The summed E-state index contributed by atoms with van der Waals surface area (Å²) in [5.41, 5.74) is 0.808. The summed E-state index contributed by atoms with van der Waals surface area (Å²) < 4.78 is 32.6. The van der Waals surface area contributed by atoms with Gasteiger partial charge in [0, 0.05) is 24.6 Å². The first kappa shape index (κ1) is 14.6. The molecule has 5 nitrogen and oxygen atoms in total. The Morgan fingerprint density at radius 2 is 2.00 bits per heavy atom. The molecule has 0 saturated carbocycles. The summed E-state index contributed by atoms with van der Waals surface area (Å²) in [6, 6.07) is 5.40. The molecule has 6 heteroatoms. The number of methoxy groups -OCH3 is 1. The van der Waals surface area contributed by atoms with E-state index in [2.05, 4.69) is 5.32 Å². The lowest BCUT2D eigenvalue weighted by atomic mass is 10.2. The topological polar surface area (TPSA) is 64.6 Å². The molecule has 0 spiro atoms. The van der Waals surface area contributed by atoms with Crippen molar-refractivity contribution in [1.82, 2.24) is 0 Å². The van der Waals surface area contributed by atoms with Crippen molar-refractivity contribution >= 4 is 15.5 Å². The van der Waals surface area contributed by atoms with E-state index in [1.807, 2.05) is 13.0 Å². The van der Waals surface area contributed by atoms with E-state index >= 15 is 0 Å². The van der Waals surface area contributed by atoms with E-state index in [1.165, 1.54) is 6.26 Å². The Labute approximate surface area is 108 Å². The smallest absolute Gasteiger partial charge is 0.163 e. The first-order chi connectivity index (χ1) is 8.46. The van der Waals surface area contributed by atoms with Crippen LogP contribution in [-0.4, -0.2) is 40.7 Å². The molecule has 1 N–H and O–H groups in total. The Morgan fingerprint density at radius 1 is 1.28 bits per heavy atom. The van der Waals surface area contributed by atoms with E-state index in [0.717, 1.165) is 5.69 Å². The quantitative estimate of drug-likeness (QED) is 0.816. The molecule has 0 bridgehead atoms. The molecule has 102 valence electrons. The molecule has 0 aliphatic carbocycles. The van der Waals surface area contributed by atoms with Crippen LogP contribution >= 0.6 is 0 Å². The second-order valence-corrected chi connectivity index (χ2v) is 6.12. The molecule has 0 aliphatic rings. The van der Waals surface area contributed by atoms with E-state index in [9.17, 15) is 8.42 Å². The first-order valence-electron chi connectivity index (χ1n) is 5.68. The predicted octanol–water partition coefficient (Wildman–Crippen LogP) is 1.55. The average molecular weight is 273 g/mol. The van der Waals surface area contributed by atoms with Crippen LogP contribution in [0.4, 0.5) is 5.69 Å². The minimum Gasteiger partial charge on any atom is -0.493 e. The number of nitrogens with one attached hydrogen (secondary N) is 1. The third-order valence-electron chi connectivity index (χ3n) is 2.27. The number of hydrogen-bond acceptors (Lipinski definition) is 5. The van der Waals surface area contributed by atoms with Gasteiger partial charge in [0.05, 0.1) is 19.5 Å². The van der Waals surface area contributed by atoms with Crippen LogP contribution in [0.1, 0.15) is 6.92 Å². The van der Waals surface area contributed by atoms with Crippen molar-refractivity contribution < 1.29 is 17.9 Å². The lowest BCUT2D eigenvalue weighted by Gasteiger charge is -2.12. The maximum atomic E-state index is 11.0. The van der Waals surface area contributed by atoms with Crippen LogP contribution in [0.15, 0.2) is 18.2 Å². The zero-order chi connectivity index (χ0) is 13.6. The van der Waals surface area contributed by atoms with Crippen LogP contribution in [0.2, 0.25) is 0 Å². The highest BCUT2D eigenvalue weighted by Crippen LogP contribution is 2.30. The second kappa shape index (κ2) is 6.49. The molecule has 18 heavy (non-hydrogen) atoms. The van der Waals surface area contributed by atoms with Crippen molar-refractivity contribution in [2.75, 3.05) is 37.6 Å². The van der Waals surface area contributed by atoms with Gasteiger partial charge in [-0.25, -0.2) is 8.42 Å². The van der Waals surface area contributed by atoms with Gasteiger partial charge in [-0.1, -0.05) is 0 Å². The normalized spacial score (nSPS) is 11.1. The van der Waals surface area contributed by atoms with Crippen molar-refractivity contribution in [1.29, 1.82) is 0 Å². The van der Waals surface area contributed by atoms with Crippen molar-refractivity contribution in [3.63, 3.8) is 0 Å². The fraction of sp³-hybridized carbons (Fsp3) is 0.500. The monoisotopic (exact) mass is 273 g/mol. The molecule has 0 radical (unpaired) electrons. The maximum absolute atomic E-state index is 11.0. The van der Waals surface area contributed by atoms with E-state index in [4.69, 9.17) is 9.47 Å². The SMILES string of the molecule is CCOc1cc(NCCS(C)(=O)=O)ccc1OC. The standard InChI is InChI=1S/C12H19NO4S/c1-4-17-12-9-10(5-6-11(12)16-2)13-7-8-18(3,14)15/h5-6,9,13H,4,7-8H2,1-3H3. The van der Waals surface area contributed by atoms with Gasteiger partial charge in [-0.05, 0) is 19.1 Å². The molecule has 0 heterocycles. The fourth-order valence-electron chi connectivity index (χ4n) is 1.44. The summed E-state index contributed by atoms with van der Waals surface area (Å²) in [5.74, 6) is 1.40. The molecule has 0 atom stereocenters. The highest BCUT2D eigenvalue weighted by Gasteiger charge is 2.06. The Balaban J connectivity index is 2.69. The molecular formula is C12H19NO4S. The summed E-state index contributed by atoms with van der Waals surface area (Å²) >= 11 is 0. The van der Waals surface area contributed by atoms with Crippen LogP contribution in [-0.2, 0) is 9.84 Å². The number of rotatable bonds is 7. The number of anilines is 1. The molecule has 1 aromatic carbocycles. The summed E-state index contributed by atoms with van der Waals surface area (Å²) in [7, 11) is -1.37. The molecule has 0 unspecified atom stereocenters. The van der Waals surface area contributed by atoms with Gasteiger partial charge < -0.3 is 14.8 Å². The molecular weight excluding hydrogens is 254 g/mol. The van der Waals surface area contributed by atoms with Gasteiger partial charge in [0.25, 0.3) is 0 Å². The number of sulfone groups is 1. The number of ether oxygens (including phenoxy) is 2. The summed E-state index contributed by atoms with van der Waals surface area (Å²) in [6.45, 7) is 2.81. The minimum absolute atomic E-state index is 0.100. The van der Waals surface area contributed by atoms with E-state index in [1.54, 1.807) is 19.2 Å². The lowest BCUT2D eigenvalue weighted by Crippen LogP contribution is -2.14. The van der Waals surface area contributed by atoms with Gasteiger partial charge in [0.1, 0.15) is 9.84 Å². The van der Waals surface area contributed by atoms with Crippen LogP contribution in [0.5, 0.6) is 11.5 Å². The first-order valence-corrected chi connectivity index (χ1v) is 7.74. The zero-order valence-electron chi connectivity index (χ0n) is 10.9. The van der Waals surface area contributed by atoms with Crippen molar-refractivity contribution in [2.24, 2.45) is 0 Å². The van der Waals surface area contributed by atoms with Gasteiger partial charge in [-0.2, -0.15) is 0 Å². The van der Waals surface area contributed by atoms with Gasteiger partial charge in [0.2, 0.25) is 0 Å². The van der Waals surface area contributed by atoms with Gasteiger partial charge in [-0.15, -0.1) is 0 Å². The van der Waals surface area contributed by atoms with E-state index < -0.39 is 9.84 Å². The predicted molar refractivity (Wildman–Crippen MR) is 72.4 cm³/mol. The molecule has 0 amide bonds. The summed E-state index contributed by atoms with van der Waals surface area (Å²) in [4.78, 5) is 0. The third-order valence-corrected chi connectivity index (χ3v) is 3.21. The molecule has 0 aromatic heterocycles. The average Bonchev–Trinajstić information content (AvgIpc) is 2.28.